The molecule has 2 saturated heterocycles. The largest absolute Gasteiger partial charge is 0.368 e. The van der Waals surface area contributed by atoms with Gasteiger partial charge in [0, 0.05) is 64.5 Å². The highest BCUT2D eigenvalue weighted by Gasteiger charge is 2.21. The van der Waals surface area contributed by atoms with Crippen molar-refractivity contribution in [3.05, 3.63) is 30.3 Å². The van der Waals surface area contributed by atoms with Crippen LogP contribution in [0.5, 0.6) is 0 Å². The Balaban J connectivity index is 0.00000385. The Morgan fingerprint density at radius 1 is 1.00 bits per heavy atom. The van der Waals surface area contributed by atoms with E-state index in [1.807, 2.05) is 34.9 Å². The number of carbonyl (C=O) groups is 2. The number of para-hydroxylation sites is 1. The first kappa shape index (κ1) is 27.2. The van der Waals surface area contributed by atoms with Crippen molar-refractivity contribution in [2.24, 2.45) is 4.99 Å². The van der Waals surface area contributed by atoms with E-state index in [1.165, 1.54) is 5.69 Å². The molecule has 1 aromatic carbocycles. The Bertz CT molecular complexity index is 753. The van der Waals surface area contributed by atoms with Gasteiger partial charge < -0.3 is 25.3 Å². The van der Waals surface area contributed by atoms with Crippen LogP contribution in [-0.4, -0.2) is 86.5 Å². The van der Waals surface area contributed by atoms with E-state index in [2.05, 4.69) is 32.7 Å². The number of benzene rings is 1. The Morgan fingerprint density at radius 3 is 2.48 bits per heavy atom. The summed E-state index contributed by atoms with van der Waals surface area (Å²) in [6.07, 6.45) is 4.81. The highest BCUT2D eigenvalue weighted by Crippen LogP contribution is 2.15. The fourth-order valence-electron chi connectivity index (χ4n) is 4.19. The number of carbonyl (C=O) groups excluding carboxylic acids is 2. The number of hydrogen-bond acceptors (Lipinski definition) is 4. The van der Waals surface area contributed by atoms with Crippen molar-refractivity contribution in [3.8, 4) is 0 Å². The second-order valence-electron chi connectivity index (χ2n) is 8.37. The molecule has 0 aromatic heterocycles. The maximum Gasteiger partial charge on any atom is 0.244 e. The first-order valence-corrected chi connectivity index (χ1v) is 12.0. The molecule has 0 aliphatic carbocycles. The molecule has 0 spiro atoms. The van der Waals surface area contributed by atoms with Gasteiger partial charge >= 0.3 is 0 Å². The normalized spacial score (nSPS) is 17.3. The summed E-state index contributed by atoms with van der Waals surface area (Å²) >= 11 is 0. The van der Waals surface area contributed by atoms with Crippen LogP contribution in [-0.2, 0) is 9.59 Å². The Labute approximate surface area is 215 Å². The molecule has 2 heterocycles. The van der Waals surface area contributed by atoms with Crippen molar-refractivity contribution < 1.29 is 9.59 Å². The zero-order chi connectivity index (χ0) is 22.6. The molecule has 2 fully saturated rings. The van der Waals surface area contributed by atoms with Gasteiger partial charge in [0.1, 0.15) is 6.54 Å². The number of nitrogens with one attached hydrogen (secondary N) is 2. The molecule has 2 aliphatic heterocycles. The molecule has 0 atom stereocenters. The number of likely N-dealkylation sites (tertiary alicyclic amines) is 1. The molecule has 184 valence electrons. The summed E-state index contributed by atoms with van der Waals surface area (Å²) in [5, 5.41) is 6.51. The van der Waals surface area contributed by atoms with E-state index in [1.54, 1.807) is 0 Å². The molecule has 0 saturated carbocycles. The summed E-state index contributed by atoms with van der Waals surface area (Å²) in [6.45, 7) is 8.38. The maximum atomic E-state index is 12.7. The van der Waals surface area contributed by atoms with Crippen LogP contribution in [0.4, 0.5) is 5.69 Å². The summed E-state index contributed by atoms with van der Waals surface area (Å²) in [4.78, 5) is 35.4. The number of guanidine groups is 1. The van der Waals surface area contributed by atoms with Crippen LogP contribution in [0.1, 0.15) is 39.0 Å². The molecule has 8 nitrogen and oxygen atoms in total. The number of hydrogen-bond donors (Lipinski definition) is 2. The Kier molecular flexibility index (Phi) is 12.3. The van der Waals surface area contributed by atoms with Gasteiger partial charge in [-0.05, 0) is 38.3 Å². The van der Waals surface area contributed by atoms with E-state index in [-0.39, 0.29) is 42.3 Å². The number of anilines is 1. The van der Waals surface area contributed by atoms with E-state index in [4.69, 9.17) is 0 Å². The lowest BCUT2D eigenvalue weighted by Gasteiger charge is -2.36. The number of rotatable bonds is 8. The molecule has 1 aromatic rings. The van der Waals surface area contributed by atoms with Gasteiger partial charge in [0.25, 0.3) is 0 Å². The molecular weight excluding hydrogens is 531 g/mol. The fraction of sp³-hybridized carbons (Fsp3) is 0.625. The summed E-state index contributed by atoms with van der Waals surface area (Å²) < 4.78 is 0. The van der Waals surface area contributed by atoms with Crippen LogP contribution in [0.2, 0.25) is 0 Å². The van der Waals surface area contributed by atoms with Gasteiger partial charge in [-0.1, -0.05) is 24.6 Å². The molecule has 2 N–H and O–H groups in total. The van der Waals surface area contributed by atoms with Gasteiger partial charge in [-0.25, -0.2) is 4.99 Å². The SMILES string of the molecule is CCNC(=NCC(=O)N1CCN(c2ccccc2)CC1)NCCCN1CCCCCC1=O.I. The van der Waals surface area contributed by atoms with Crippen LogP contribution < -0.4 is 15.5 Å². The van der Waals surface area contributed by atoms with Crippen molar-refractivity contribution in [1.29, 1.82) is 0 Å². The van der Waals surface area contributed by atoms with E-state index >= 15 is 0 Å². The van der Waals surface area contributed by atoms with E-state index in [9.17, 15) is 9.59 Å². The Hall–Kier alpha value is -2.04. The monoisotopic (exact) mass is 570 g/mol. The number of nitrogens with zero attached hydrogens (tertiary/aromatic N) is 4. The summed E-state index contributed by atoms with van der Waals surface area (Å²) in [6, 6.07) is 10.3. The smallest absolute Gasteiger partial charge is 0.244 e. The van der Waals surface area contributed by atoms with Gasteiger partial charge in [-0.15, -0.1) is 24.0 Å². The molecule has 2 aliphatic rings. The molecule has 0 unspecified atom stereocenters. The maximum absolute atomic E-state index is 12.7. The predicted octanol–water partition coefficient (Wildman–Crippen LogP) is 2.30. The van der Waals surface area contributed by atoms with Crippen LogP contribution in [0, 0.1) is 0 Å². The molecule has 0 bridgehead atoms. The molecule has 0 radical (unpaired) electrons. The second kappa shape index (κ2) is 15.0. The lowest BCUT2D eigenvalue weighted by Crippen LogP contribution is -2.49. The second-order valence-corrected chi connectivity index (χ2v) is 8.37. The van der Waals surface area contributed by atoms with Gasteiger partial charge in [0.05, 0.1) is 0 Å². The summed E-state index contributed by atoms with van der Waals surface area (Å²) in [5.41, 5.74) is 1.21. The van der Waals surface area contributed by atoms with Gasteiger partial charge in [-0.3, -0.25) is 9.59 Å². The molecule has 2 amide bonds. The van der Waals surface area contributed by atoms with Crippen molar-refractivity contribution in [3.63, 3.8) is 0 Å². The van der Waals surface area contributed by atoms with Crippen molar-refractivity contribution >= 4 is 47.4 Å². The van der Waals surface area contributed by atoms with Crippen molar-refractivity contribution in [2.45, 2.75) is 39.0 Å². The van der Waals surface area contributed by atoms with E-state index in [0.29, 0.717) is 12.4 Å². The number of aliphatic imine (C=N–C) groups is 1. The van der Waals surface area contributed by atoms with Crippen LogP contribution in [0.3, 0.4) is 0 Å². The summed E-state index contributed by atoms with van der Waals surface area (Å²) in [5.74, 6) is 0.997. The number of amides is 2. The molecule has 9 heteroatoms. The molecular formula is C24H39IN6O2. The minimum Gasteiger partial charge on any atom is -0.368 e. The average Bonchev–Trinajstić information content (AvgIpc) is 3.04. The molecule has 3 rings (SSSR count). The third-order valence-corrected chi connectivity index (χ3v) is 6.04. The first-order valence-electron chi connectivity index (χ1n) is 12.0. The number of halogens is 1. The topological polar surface area (TPSA) is 80.3 Å². The zero-order valence-corrected chi connectivity index (χ0v) is 22.1. The van der Waals surface area contributed by atoms with Gasteiger partial charge in [-0.2, -0.15) is 0 Å². The highest BCUT2D eigenvalue weighted by molar-refractivity contribution is 14.0. The molecule has 33 heavy (non-hydrogen) atoms. The Morgan fingerprint density at radius 2 is 1.76 bits per heavy atom. The average molecular weight is 571 g/mol. The van der Waals surface area contributed by atoms with Crippen LogP contribution in [0.15, 0.2) is 35.3 Å². The third-order valence-electron chi connectivity index (χ3n) is 6.04. The lowest BCUT2D eigenvalue weighted by atomic mass is 10.2. The van der Waals surface area contributed by atoms with Crippen LogP contribution >= 0.6 is 24.0 Å². The minimum atomic E-state index is 0. The lowest BCUT2D eigenvalue weighted by molar-refractivity contribution is -0.131. The highest BCUT2D eigenvalue weighted by atomic mass is 127. The quantitative estimate of drug-likeness (QED) is 0.217. The zero-order valence-electron chi connectivity index (χ0n) is 19.8. The van der Waals surface area contributed by atoms with Gasteiger partial charge in [0.2, 0.25) is 11.8 Å². The van der Waals surface area contributed by atoms with E-state index < -0.39 is 0 Å². The predicted molar refractivity (Wildman–Crippen MR) is 144 cm³/mol. The van der Waals surface area contributed by atoms with Crippen molar-refractivity contribution in [2.75, 3.05) is 63.8 Å². The first-order chi connectivity index (χ1) is 15.7. The summed E-state index contributed by atoms with van der Waals surface area (Å²) in [7, 11) is 0. The van der Waals surface area contributed by atoms with Gasteiger partial charge in [0.15, 0.2) is 5.96 Å². The standard InChI is InChI=1S/C24H38N6O2.HI/c1-2-25-24(26-13-9-15-29-14-8-4-7-12-22(29)31)27-20-23(32)30-18-16-28(17-19-30)21-10-5-3-6-11-21;/h3,5-6,10-11H,2,4,7-9,12-20H2,1H3,(H2,25,26,27);1H. The third kappa shape index (κ3) is 9.02. The van der Waals surface area contributed by atoms with E-state index in [0.717, 1.165) is 78.0 Å². The number of piperazine rings is 1. The minimum absolute atomic E-state index is 0. The fourth-order valence-corrected chi connectivity index (χ4v) is 4.19. The van der Waals surface area contributed by atoms with Crippen LogP contribution in [0.25, 0.3) is 0 Å². The van der Waals surface area contributed by atoms with Crippen molar-refractivity contribution in [1.82, 2.24) is 20.4 Å².